The van der Waals surface area contributed by atoms with Crippen molar-refractivity contribution in [3.05, 3.63) is 83.2 Å². The summed E-state index contributed by atoms with van der Waals surface area (Å²) >= 11 is 13.6. The highest BCUT2D eigenvalue weighted by molar-refractivity contribution is 9.12. The third-order valence-electron chi connectivity index (χ3n) is 3.98. The second-order valence-corrected chi connectivity index (χ2v) is 10.7. The number of phenols is 1. The van der Waals surface area contributed by atoms with Crippen LogP contribution in [0.1, 0.15) is 11.1 Å². The minimum Gasteiger partial charge on any atom is -0.508 e. The average Bonchev–Trinajstić information content (AvgIpc) is 2.58. The van der Waals surface area contributed by atoms with Crippen molar-refractivity contribution >= 4 is 85.2 Å². The van der Waals surface area contributed by atoms with E-state index in [0.29, 0.717) is 34.6 Å². The first-order valence-corrected chi connectivity index (χ1v) is 12.4. The first-order chi connectivity index (χ1) is 13.5. The molecule has 150 valence electrons. The average molecular weight is 670 g/mol. The number of benzene rings is 2. The van der Waals surface area contributed by atoms with E-state index in [1.54, 1.807) is 12.1 Å². The Balaban J connectivity index is 2.55. The number of rotatable bonds is 3. The van der Waals surface area contributed by atoms with Crippen molar-refractivity contribution in [1.29, 1.82) is 0 Å². The van der Waals surface area contributed by atoms with E-state index in [-0.39, 0.29) is 22.0 Å². The van der Waals surface area contributed by atoms with Gasteiger partial charge < -0.3 is 5.11 Å². The lowest BCUT2D eigenvalue weighted by molar-refractivity contribution is -0.110. The molecule has 0 fully saturated rings. The second kappa shape index (κ2) is 8.60. The molecule has 0 heterocycles. The van der Waals surface area contributed by atoms with Crippen LogP contribution < -0.4 is 0 Å². The number of ketones is 1. The lowest BCUT2D eigenvalue weighted by Crippen LogP contribution is -2.08. The Bertz CT molecular complexity index is 1200. The molecule has 2 aromatic carbocycles. The molecular weight excluding hydrogens is 660 g/mol. The molecule has 3 rings (SSSR count). The first kappa shape index (κ1) is 22.6. The maximum absolute atomic E-state index is 12.1. The number of hydrogen-bond donors (Lipinski definition) is 2. The molecule has 0 aliphatic heterocycles. The van der Waals surface area contributed by atoms with Gasteiger partial charge >= 0.3 is 0 Å². The van der Waals surface area contributed by atoms with E-state index in [2.05, 4.69) is 63.7 Å². The normalized spacial score (nSPS) is 14.5. The Kier molecular flexibility index (Phi) is 6.72. The van der Waals surface area contributed by atoms with Gasteiger partial charge in [-0.05, 0) is 81.9 Å². The second-order valence-electron chi connectivity index (χ2n) is 5.89. The number of carbonyl (C=O) groups is 1. The summed E-state index contributed by atoms with van der Waals surface area (Å²) in [6, 6.07) is 8.89. The van der Waals surface area contributed by atoms with Crippen LogP contribution in [0.5, 0.6) is 5.75 Å². The number of phenolic OH excluding ortho intramolecular Hbond substituents is 1. The molecule has 0 bridgehead atoms. The minimum absolute atomic E-state index is 0.0112. The topological polar surface area (TPSA) is 91.7 Å². The van der Waals surface area contributed by atoms with Gasteiger partial charge in [-0.2, -0.15) is 8.42 Å². The Labute approximate surface area is 200 Å². The number of halogens is 4. The molecule has 29 heavy (non-hydrogen) atoms. The summed E-state index contributed by atoms with van der Waals surface area (Å²) in [7, 11) is -4.56. The first-order valence-electron chi connectivity index (χ1n) is 7.79. The van der Waals surface area contributed by atoms with Crippen LogP contribution in [0.4, 0.5) is 0 Å². The molecule has 0 unspecified atom stereocenters. The van der Waals surface area contributed by atoms with Gasteiger partial charge in [-0.1, -0.05) is 18.2 Å². The largest absolute Gasteiger partial charge is 0.508 e. The van der Waals surface area contributed by atoms with Crippen LogP contribution in [0.2, 0.25) is 0 Å². The lowest BCUT2D eigenvalue weighted by Gasteiger charge is -2.22. The van der Waals surface area contributed by atoms with Gasteiger partial charge in [0, 0.05) is 52.3 Å². The fraction of sp³-hybridized carbons (Fsp3) is 0. The summed E-state index contributed by atoms with van der Waals surface area (Å²) in [6.07, 6.45) is 2.72. The molecule has 0 aromatic heterocycles. The molecule has 1 aliphatic rings. The maximum Gasteiger partial charge on any atom is 0.295 e. The Morgan fingerprint density at radius 3 is 1.93 bits per heavy atom. The van der Waals surface area contributed by atoms with Crippen molar-refractivity contribution in [2.24, 2.45) is 0 Å². The van der Waals surface area contributed by atoms with E-state index in [0.717, 1.165) is 0 Å². The maximum atomic E-state index is 12.1. The van der Waals surface area contributed by atoms with Gasteiger partial charge in [0.25, 0.3) is 10.1 Å². The zero-order valence-corrected chi connectivity index (χ0v) is 21.3. The van der Waals surface area contributed by atoms with E-state index in [9.17, 15) is 22.9 Å². The highest BCUT2D eigenvalue weighted by atomic mass is 79.9. The van der Waals surface area contributed by atoms with Gasteiger partial charge in [0.1, 0.15) is 10.6 Å². The SMILES string of the molecule is O=C1C=C(Br)C(=C(c2ccccc2S(=O)(=O)O)c2c(Br)cc(O)cc2Br)C(Br)=C1. The smallest absolute Gasteiger partial charge is 0.295 e. The molecule has 0 atom stereocenters. The van der Waals surface area contributed by atoms with Crippen molar-refractivity contribution in [3.8, 4) is 5.75 Å². The third-order valence-corrected chi connectivity index (χ3v) is 7.39. The summed E-state index contributed by atoms with van der Waals surface area (Å²) in [5, 5.41) is 9.91. The van der Waals surface area contributed by atoms with Gasteiger partial charge in [-0.3, -0.25) is 9.35 Å². The molecule has 1 aliphatic carbocycles. The lowest BCUT2D eigenvalue weighted by atomic mass is 9.90. The van der Waals surface area contributed by atoms with Gasteiger partial charge in [-0.15, -0.1) is 0 Å². The number of hydrogen-bond acceptors (Lipinski definition) is 4. The van der Waals surface area contributed by atoms with Crippen LogP contribution >= 0.6 is 63.7 Å². The number of allylic oxidation sites excluding steroid dienone is 5. The number of aromatic hydroxyl groups is 1. The molecule has 2 aromatic rings. The fourth-order valence-electron chi connectivity index (χ4n) is 2.88. The van der Waals surface area contributed by atoms with Crippen LogP contribution in [0.25, 0.3) is 5.57 Å². The summed E-state index contributed by atoms with van der Waals surface area (Å²) < 4.78 is 35.7. The summed E-state index contributed by atoms with van der Waals surface area (Å²) in [5.41, 5.74) is 1.62. The van der Waals surface area contributed by atoms with Crippen molar-refractivity contribution in [2.75, 3.05) is 0 Å². The van der Waals surface area contributed by atoms with E-state index < -0.39 is 10.1 Å². The van der Waals surface area contributed by atoms with Crippen molar-refractivity contribution in [3.63, 3.8) is 0 Å². The molecule has 10 heteroatoms. The highest BCUT2D eigenvalue weighted by Gasteiger charge is 2.28. The van der Waals surface area contributed by atoms with Crippen LogP contribution in [-0.4, -0.2) is 23.9 Å². The van der Waals surface area contributed by atoms with Crippen LogP contribution in [0.3, 0.4) is 0 Å². The van der Waals surface area contributed by atoms with Gasteiger partial charge in [0.15, 0.2) is 5.78 Å². The molecule has 0 saturated heterocycles. The molecule has 5 nitrogen and oxygen atoms in total. The Hall–Kier alpha value is -1.04. The predicted molar refractivity (Wildman–Crippen MR) is 125 cm³/mol. The van der Waals surface area contributed by atoms with E-state index in [1.165, 1.54) is 36.4 Å². The summed E-state index contributed by atoms with van der Waals surface area (Å²) in [6.45, 7) is 0. The predicted octanol–water partition coefficient (Wildman–Crippen LogP) is 6.11. The van der Waals surface area contributed by atoms with Crippen LogP contribution in [-0.2, 0) is 14.9 Å². The summed E-state index contributed by atoms with van der Waals surface area (Å²) in [5.74, 6) is -0.262. The highest BCUT2D eigenvalue weighted by Crippen LogP contribution is 2.46. The summed E-state index contributed by atoms with van der Waals surface area (Å²) in [4.78, 5) is 11.6. The van der Waals surface area contributed by atoms with Crippen molar-refractivity contribution < 1.29 is 22.9 Å². The monoisotopic (exact) mass is 666 g/mol. The van der Waals surface area contributed by atoms with Crippen molar-refractivity contribution in [1.82, 2.24) is 0 Å². The van der Waals surface area contributed by atoms with Crippen LogP contribution in [0.15, 0.2) is 76.9 Å². The number of carbonyl (C=O) groups excluding carboxylic acids is 1. The Morgan fingerprint density at radius 2 is 1.41 bits per heavy atom. The van der Waals surface area contributed by atoms with E-state index in [4.69, 9.17) is 0 Å². The fourth-order valence-corrected chi connectivity index (χ4v) is 6.68. The quantitative estimate of drug-likeness (QED) is 0.385. The van der Waals surface area contributed by atoms with Crippen molar-refractivity contribution in [2.45, 2.75) is 4.90 Å². The van der Waals surface area contributed by atoms with Gasteiger partial charge in [0.2, 0.25) is 0 Å². The molecule has 0 spiro atoms. The van der Waals surface area contributed by atoms with E-state index in [1.807, 2.05) is 0 Å². The third kappa shape index (κ3) is 4.67. The van der Waals surface area contributed by atoms with Gasteiger partial charge in [-0.25, -0.2) is 0 Å². The molecule has 2 N–H and O–H groups in total. The zero-order chi connectivity index (χ0) is 21.5. The minimum atomic E-state index is -4.56. The zero-order valence-electron chi connectivity index (χ0n) is 14.2. The van der Waals surface area contributed by atoms with Crippen LogP contribution in [0, 0.1) is 0 Å². The molecule has 0 amide bonds. The standard InChI is InChI=1S/C19H10Br4O5S/c20-12-5-9(24)6-13(21)18(12)17(19-14(22)7-10(25)8-15(19)23)11-3-1-2-4-16(11)29(26,27)28/h1-8,24H,(H,26,27,28). The van der Waals surface area contributed by atoms with E-state index >= 15 is 0 Å². The molecular formula is C19H10Br4O5S. The Morgan fingerprint density at radius 1 is 0.897 bits per heavy atom. The molecule has 0 radical (unpaired) electrons. The van der Waals surface area contributed by atoms with Gasteiger partial charge in [0.05, 0.1) is 0 Å². The molecule has 0 saturated carbocycles.